The van der Waals surface area contributed by atoms with E-state index in [9.17, 15) is 9.59 Å². The van der Waals surface area contributed by atoms with Crippen molar-refractivity contribution in [2.24, 2.45) is 10.3 Å². The Kier molecular flexibility index (Phi) is 4.93. The molecule has 0 aromatic heterocycles. The molecular formula is C16H15N3O2. The van der Waals surface area contributed by atoms with Gasteiger partial charge in [-0.15, -0.1) is 5.11 Å². The molecule has 0 radical (unpaired) electrons. The normalized spacial score (nSPS) is 10.5. The van der Waals surface area contributed by atoms with E-state index in [4.69, 9.17) is 0 Å². The third-order valence-corrected chi connectivity index (χ3v) is 2.64. The molecule has 0 unspecified atom stereocenters. The Balaban J connectivity index is 2.26. The minimum Gasteiger partial charge on any atom is -0.299 e. The topological polar surface area (TPSA) is 62.1 Å². The first-order chi connectivity index (χ1) is 10.2. The third-order valence-electron chi connectivity index (χ3n) is 2.64. The Hall–Kier alpha value is -2.82. The highest BCUT2D eigenvalue weighted by atomic mass is 16.2. The van der Waals surface area contributed by atoms with Gasteiger partial charge in [0.1, 0.15) is 5.78 Å². The second kappa shape index (κ2) is 7.09. The van der Waals surface area contributed by atoms with E-state index in [2.05, 4.69) is 10.3 Å². The summed E-state index contributed by atoms with van der Waals surface area (Å²) >= 11 is 0. The van der Waals surface area contributed by atoms with E-state index < -0.39 is 5.91 Å². The molecule has 5 heteroatoms. The first kappa shape index (κ1) is 14.6. The zero-order valence-electron chi connectivity index (χ0n) is 11.6. The van der Waals surface area contributed by atoms with Gasteiger partial charge in [-0.25, -0.2) is 0 Å². The summed E-state index contributed by atoms with van der Waals surface area (Å²) in [4.78, 5) is 23.3. The predicted octanol–water partition coefficient (Wildman–Crippen LogP) is 3.70. The zero-order chi connectivity index (χ0) is 15.1. The number of carbonyl (C=O) groups excluding carboxylic acids is 2. The maximum Gasteiger partial charge on any atom is 0.256 e. The van der Waals surface area contributed by atoms with Crippen molar-refractivity contribution in [2.45, 2.75) is 13.3 Å². The van der Waals surface area contributed by atoms with Crippen LogP contribution < -0.4 is 5.01 Å². The fourth-order valence-corrected chi connectivity index (χ4v) is 1.69. The van der Waals surface area contributed by atoms with Gasteiger partial charge in [-0.3, -0.25) is 9.59 Å². The van der Waals surface area contributed by atoms with Crippen molar-refractivity contribution in [1.82, 2.24) is 0 Å². The van der Waals surface area contributed by atoms with E-state index >= 15 is 0 Å². The van der Waals surface area contributed by atoms with Crippen molar-refractivity contribution < 1.29 is 9.59 Å². The lowest BCUT2D eigenvalue weighted by Gasteiger charge is -2.14. The molecule has 2 aromatic rings. The summed E-state index contributed by atoms with van der Waals surface area (Å²) in [5.74, 6) is -0.621. The SMILES string of the molecule is CC(=O)CC(=O)N(N=Nc1ccccc1)c1ccccc1. The maximum atomic E-state index is 12.1. The number of rotatable bonds is 5. The molecule has 1 amide bonds. The van der Waals surface area contributed by atoms with Crippen LogP contribution in [-0.2, 0) is 9.59 Å². The standard InChI is InChI=1S/C16H15N3O2/c1-13(20)12-16(21)19(15-10-6-3-7-11-15)18-17-14-8-4-2-5-9-14/h2-11H,12H2,1H3. The lowest BCUT2D eigenvalue weighted by molar-refractivity contribution is -0.125. The van der Waals surface area contributed by atoms with Crippen molar-refractivity contribution >= 4 is 23.1 Å². The molecule has 106 valence electrons. The van der Waals surface area contributed by atoms with Crippen LogP contribution in [0.2, 0.25) is 0 Å². The maximum absolute atomic E-state index is 12.1. The Labute approximate surface area is 122 Å². The number of amides is 1. The number of para-hydroxylation sites is 1. The number of carbonyl (C=O) groups is 2. The van der Waals surface area contributed by atoms with Crippen LogP contribution in [0.25, 0.3) is 0 Å². The van der Waals surface area contributed by atoms with Gasteiger partial charge in [-0.2, -0.15) is 5.01 Å². The first-order valence-corrected chi connectivity index (χ1v) is 6.51. The van der Waals surface area contributed by atoms with E-state index in [0.717, 1.165) is 5.01 Å². The van der Waals surface area contributed by atoms with Crippen LogP contribution >= 0.6 is 0 Å². The van der Waals surface area contributed by atoms with Crippen LogP contribution in [0.5, 0.6) is 0 Å². The Morgan fingerprint density at radius 1 is 0.952 bits per heavy atom. The average molecular weight is 281 g/mol. The molecule has 0 fully saturated rings. The average Bonchev–Trinajstić information content (AvgIpc) is 2.49. The highest BCUT2D eigenvalue weighted by molar-refractivity contribution is 6.04. The van der Waals surface area contributed by atoms with Crippen LogP contribution in [0.3, 0.4) is 0 Å². The van der Waals surface area contributed by atoms with E-state index in [0.29, 0.717) is 11.4 Å². The first-order valence-electron chi connectivity index (χ1n) is 6.51. The number of ketones is 1. The van der Waals surface area contributed by atoms with Crippen LogP contribution in [0.15, 0.2) is 71.0 Å². The molecule has 0 spiro atoms. The van der Waals surface area contributed by atoms with Gasteiger partial charge in [0.25, 0.3) is 5.91 Å². The van der Waals surface area contributed by atoms with Gasteiger partial charge in [-0.05, 0) is 31.2 Å². The molecule has 0 bridgehead atoms. The van der Waals surface area contributed by atoms with E-state index in [1.807, 2.05) is 24.3 Å². The molecule has 21 heavy (non-hydrogen) atoms. The van der Waals surface area contributed by atoms with Crippen molar-refractivity contribution in [1.29, 1.82) is 0 Å². The summed E-state index contributed by atoms with van der Waals surface area (Å²) in [6, 6.07) is 18.0. The highest BCUT2D eigenvalue weighted by Gasteiger charge is 2.17. The smallest absolute Gasteiger partial charge is 0.256 e. The molecule has 0 saturated carbocycles. The third kappa shape index (κ3) is 4.35. The van der Waals surface area contributed by atoms with Gasteiger partial charge in [0.2, 0.25) is 0 Å². The molecule has 0 aliphatic heterocycles. The summed E-state index contributed by atoms with van der Waals surface area (Å²) in [5.41, 5.74) is 1.21. The molecule has 0 saturated heterocycles. The summed E-state index contributed by atoms with van der Waals surface area (Å²) in [6.07, 6.45) is -0.206. The highest BCUT2D eigenvalue weighted by Crippen LogP contribution is 2.18. The second-order valence-electron chi connectivity index (χ2n) is 4.44. The van der Waals surface area contributed by atoms with Crippen molar-refractivity contribution in [3.63, 3.8) is 0 Å². The van der Waals surface area contributed by atoms with Crippen molar-refractivity contribution in [3.05, 3.63) is 60.7 Å². The Morgan fingerprint density at radius 3 is 2.10 bits per heavy atom. The van der Waals surface area contributed by atoms with Gasteiger partial charge >= 0.3 is 0 Å². The van der Waals surface area contributed by atoms with E-state index in [1.54, 1.807) is 36.4 Å². The van der Waals surface area contributed by atoms with Gasteiger partial charge < -0.3 is 0 Å². The van der Waals surface area contributed by atoms with E-state index in [-0.39, 0.29) is 12.2 Å². The minimum absolute atomic E-state index is 0.206. The minimum atomic E-state index is -0.409. The Morgan fingerprint density at radius 2 is 1.52 bits per heavy atom. The van der Waals surface area contributed by atoms with Gasteiger partial charge in [-0.1, -0.05) is 41.6 Å². The quantitative estimate of drug-likeness (QED) is 0.476. The van der Waals surface area contributed by atoms with Crippen LogP contribution in [-0.4, -0.2) is 11.7 Å². The number of benzene rings is 2. The summed E-state index contributed by atoms with van der Waals surface area (Å²) in [6.45, 7) is 1.37. The second-order valence-corrected chi connectivity index (χ2v) is 4.44. The predicted molar refractivity (Wildman–Crippen MR) is 80.2 cm³/mol. The monoisotopic (exact) mass is 281 g/mol. The van der Waals surface area contributed by atoms with Crippen LogP contribution in [0, 0.1) is 0 Å². The van der Waals surface area contributed by atoms with Crippen molar-refractivity contribution in [3.8, 4) is 0 Å². The molecule has 0 aliphatic carbocycles. The lowest BCUT2D eigenvalue weighted by atomic mass is 10.2. The lowest BCUT2D eigenvalue weighted by Crippen LogP contribution is -2.26. The summed E-state index contributed by atoms with van der Waals surface area (Å²) in [7, 11) is 0. The summed E-state index contributed by atoms with van der Waals surface area (Å²) in [5, 5.41) is 9.15. The molecule has 0 aliphatic rings. The molecule has 0 atom stereocenters. The number of nitrogens with zero attached hydrogens (tertiary/aromatic N) is 3. The zero-order valence-corrected chi connectivity index (χ0v) is 11.6. The van der Waals surface area contributed by atoms with Gasteiger partial charge in [0.05, 0.1) is 17.8 Å². The Bertz CT molecular complexity index is 639. The molecular weight excluding hydrogens is 266 g/mol. The molecule has 0 heterocycles. The van der Waals surface area contributed by atoms with Gasteiger partial charge in [0, 0.05) is 0 Å². The van der Waals surface area contributed by atoms with E-state index in [1.165, 1.54) is 6.92 Å². The molecule has 0 N–H and O–H groups in total. The van der Waals surface area contributed by atoms with Gasteiger partial charge in [0.15, 0.2) is 0 Å². The number of Topliss-reactive ketones (excluding diaryl/α,β-unsaturated/α-hetero) is 1. The number of anilines is 1. The fourth-order valence-electron chi connectivity index (χ4n) is 1.69. The molecule has 2 aromatic carbocycles. The molecule has 2 rings (SSSR count). The number of hydrogen-bond donors (Lipinski definition) is 0. The fraction of sp³-hybridized carbons (Fsp3) is 0.125. The summed E-state index contributed by atoms with van der Waals surface area (Å²) < 4.78 is 0. The largest absolute Gasteiger partial charge is 0.299 e. The van der Waals surface area contributed by atoms with Crippen LogP contribution in [0.1, 0.15) is 13.3 Å². The van der Waals surface area contributed by atoms with Crippen molar-refractivity contribution in [2.75, 3.05) is 5.01 Å². The number of hydrogen-bond acceptors (Lipinski definition) is 4. The molecule has 5 nitrogen and oxygen atoms in total. The van der Waals surface area contributed by atoms with Crippen LogP contribution in [0.4, 0.5) is 11.4 Å².